The highest BCUT2D eigenvalue weighted by atomic mass is 32.2. The second-order valence-electron chi connectivity index (χ2n) is 7.67. The number of sulfonamides is 1. The van der Waals surface area contributed by atoms with Gasteiger partial charge in [-0.05, 0) is 62.8 Å². The van der Waals surface area contributed by atoms with Gasteiger partial charge in [0.25, 0.3) is 0 Å². The molecule has 2 aromatic rings. The van der Waals surface area contributed by atoms with Gasteiger partial charge in [0, 0.05) is 19.5 Å². The smallest absolute Gasteiger partial charge is 0.232 e. The first-order valence-corrected chi connectivity index (χ1v) is 11.9. The van der Waals surface area contributed by atoms with Crippen LogP contribution in [0.15, 0.2) is 42.5 Å². The van der Waals surface area contributed by atoms with E-state index in [2.05, 4.69) is 36.5 Å². The van der Waals surface area contributed by atoms with Crippen LogP contribution in [0, 0.1) is 20.8 Å². The summed E-state index contributed by atoms with van der Waals surface area (Å²) in [6.45, 7) is 6.82. The summed E-state index contributed by atoms with van der Waals surface area (Å²) in [6, 6.07) is 14.2. The van der Waals surface area contributed by atoms with Gasteiger partial charge >= 0.3 is 0 Å². The molecule has 0 radical (unpaired) electrons. The van der Waals surface area contributed by atoms with Crippen molar-refractivity contribution in [3.63, 3.8) is 0 Å². The molecule has 1 N–H and O–H groups in total. The van der Waals surface area contributed by atoms with Crippen LogP contribution in [0.4, 0.5) is 5.69 Å². The van der Waals surface area contributed by atoms with Gasteiger partial charge in [0.05, 0.1) is 11.9 Å². The number of hydrogen-bond acceptors (Lipinski definition) is 3. The van der Waals surface area contributed by atoms with E-state index in [0.717, 1.165) is 24.0 Å². The molecular weight excluding hydrogens is 384 g/mol. The topological polar surface area (TPSA) is 66.5 Å². The van der Waals surface area contributed by atoms with Crippen LogP contribution >= 0.6 is 0 Å². The Morgan fingerprint density at radius 2 is 1.62 bits per heavy atom. The van der Waals surface area contributed by atoms with Crippen molar-refractivity contribution < 1.29 is 13.2 Å². The van der Waals surface area contributed by atoms with Gasteiger partial charge in [-0.25, -0.2) is 8.42 Å². The number of benzene rings is 2. The average Bonchev–Trinajstić information content (AvgIpc) is 2.65. The number of nitrogens with one attached hydrogen (secondary N) is 1. The quantitative estimate of drug-likeness (QED) is 0.597. The molecule has 0 spiro atoms. The number of rotatable bonds is 10. The van der Waals surface area contributed by atoms with Crippen LogP contribution in [0.3, 0.4) is 0 Å². The lowest BCUT2D eigenvalue weighted by atomic mass is 10.1. The van der Waals surface area contributed by atoms with E-state index in [1.807, 2.05) is 32.0 Å². The highest BCUT2D eigenvalue weighted by Gasteiger charge is 2.19. The Hall–Kier alpha value is -2.34. The molecule has 0 unspecified atom stereocenters. The maximum atomic E-state index is 12.3. The van der Waals surface area contributed by atoms with E-state index in [0.29, 0.717) is 31.6 Å². The highest BCUT2D eigenvalue weighted by Crippen LogP contribution is 2.24. The van der Waals surface area contributed by atoms with E-state index >= 15 is 0 Å². The largest absolute Gasteiger partial charge is 0.356 e. The van der Waals surface area contributed by atoms with Gasteiger partial charge in [0.2, 0.25) is 15.9 Å². The summed E-state index contributed by atoms with van der Waals surface area (Å²) in [5.41, 5.74) is 5.10. The molecule has 0 atom stereocenters. The van der Waals surface area contributed by atoms with E-state index < -0.39 is 10.0 Å². The Balaban J connectivity index is 1.79. The minimum atomic E-state index is -3.41. The summed E-state index contributed by atoms with van der Waals surface area (Å²) < 4.78 is 25.9. The highest BCUT2D eigenvalue weighted by molar-refractivity contribution is 7.92. The summed E-state index contributed by atoms with van der Waals surface area (Å²) in [6.07, 6.45) is 3.80. The zero-order valence-electron chi connectivity index (χ0n) is 17.9. The fourth-order valence-electron chi connectivity index (χ4n) is 3.20. The fraction of sp³-hybridized carbons (Fsp3) is 0.435. The lowest BCUT2D eigenvalue weighted by Gasteiger charge is -2.24. The molecule has 0 aliphatic carbocycles. The normalized spacial score (nSPS) is 11.3. The third kappa shape index (κ3) is 7.54. The van der Waals surface area contributed by atoms with Gasteiger partial charge in [-0.1, -0.05) is 42.0 Å². The fourth-order valence-corrected chi connectivity index (χ4v) is 4.21. The Bertz CT molecular complexity index is 922. The molecular formula is C23H32N2O3S. The van der Waals surface area contributed by atoms with Gasteiger partial charge < -0.3 is 5.32 Å². The van der Waals surface area contributed by atoms with Crippen molar-refractivity contribution in [3.8, 4) is 0 Å². The molecule has 0 saturated heterocycles. The van der Waals surface area contributed by atoms with Crippen LogP contribution in [0.1, 0.15) is 41.5 Å². The molecule has 1 amide bonds. The van der Waals surface area contributed by atoms with Crippen LogP contribution in [0.25, 0.3) is 0 Å². The molecule has 2 aromatic carbocycles. The number of hydrogen-bond donors (Lipinski definition) is 1. The Kier molecular flexibility index (Phi) is 8.26. The molecule has 6 heteroatoms. The first-order valence-electron chi connectivity index (χ1n) is 10.0. The lowest BCUT2D eigenvalue weighted by molar-refractivity contribution is -0.121. The predicted octanol–water partition coefficient (Wildman–Crippen LogP) is 3.91. The second kappa shape index (κ2) is 10.4. The maximum Gasteiger partial charge on any atom is 0.232 e. The Labute approximate surface area is 175 Å². The molecule has 0 saturated carbocycles. The molecule has 5 nitrogen and oxygen atoms in total. The number of nitrogens with zero attached hydrogens (tertiary/aromatic N) is 1. The second-order valence-corrected chi connectivity index (χ2v) is 9.57. The molecule has 0 aromatic heterocycles. The van der Waals surface area contributed by atoms with Crippen LogP contribution < -0.4 is 9.62 Å². The van der Waals surface area contributed by atoms with Gasteiger partial charge in [-0.2, -0.15) is 0 Å². The van der Waals surface area contributed by atoms with Crippen LogP contribution in [-0.4, -0.2) is 33.7 Å². The predicted molar refractivity (Wildman–Crippen MR) is 120 cm³/mol. The first-order chi connectivity index (χ1) is 13.7. The third-order valence-corrected chi connectivity index (χ3v) is 6.06. The zero-order valence-corrected chi connectivity index (χ0v) is 18.7. The van der Waals surface area contributed by atoms with Crippen molar-refractivity contribution in [1.29, 1.82) is 0 Å². The molecule has 0 heterocycles. The summed E-state index contributed by atoms with van der Waals surface area (Å²) in [7, 11) is -3.41. The summed E-state index contributed by atoms with van der Waals surface area (Å²) in [5, 5.41) is 2.93. The number of anilines is 1. The van der Waals surface area contributed by atoms with Gasteiger partial charge in [-0.15, -0.1) is 0 Å². The number of amides is 1. The van der Waals surface area contributed by atoms with Gasteiger partial charge in [-0.3, -0.25) is 9.10 Å². The Morgan fingerprint density at radius 3 is 2.28 bits per heavy atom. The van der Waals surface area contributed by atoms with E-state index in [9.17, 15) is 13.2 Å². The number of carbonyl (C=O) groups is 1. The zero-order chi connectivity index (χ0) is 21.4. The van der Waals surface area contributed by atoms with E-state index in [-0.39, 0.29) is 5.91 Å². The van der Waals surface area contributed by atoms with E-state index in [1.165, 1.54) is 21.7 Å². The maximum absolute atomic E-state index is 12.3. The molecule has 0 bridgehead atoms. The standard InChI is InChI=1S/C23H32N2O3S/c1-18-10-13-21(14-11-18)7-5-15-24-23(26)8-6-16-25(29(4,27)28)22-17-19(2)9-12-20(22)3/h9-14,17H,5-8,15-16H2,1-4H3,(H,24,26). The minimum Gasteiger partial charge on any atom is -0.356 e. The monoisotopic (exact) mass is 416 g/mol. The first kappa shape index (κ1) is 22.9. The third-order valence-electron chi connectivity index (χ3n) is 4.88. The van der Waals surface area contributed by atoms with E-state index in [4.69, 9.17) is 0 Å². The molecule has 0 aliphatic rings. The van der Waals surface area contributed by atoms with Crippen molar-refractivity contribution >= 4 is 21.6 Å². The summed E-state index contributed by atoms with van der Waals surface area (Å²) in [5.74, 6) is -0.0386. The van der Waals surface area contributed by atoms with Crippen molar-refractivity contribution in [2.45, 2.75) is 46.5 Å². The van der Waals surface area contributed by atoms with Gasteiger partial charge in [0.1, 0.15) is 0 Å². The van der Waals surface area contributed by atoms with Crippen LogP contribution in [-0.2, 0) is 21.2 Å². The molecule has 29 heavy (non-hydrogen) atoms. The SMILES string of the molecule is Cc1ccc(CCCNC(=O)CCCN(c2cc(C)ccc2C)S(C)(=O)=O)cc1. The summed E-state index contributed by atoms with van der Waals surface area (Å²) >= 11 is 0. The van der Waals surface area contributed by atoms with Gasteiger partial charge in [0.15, 0.2) is 0 Å². The van der Waals surface area contributed by atoms with Crippen molar-refractivity contribution in [2.75, 3.05) is 23.7 Å². The van der Waals surface area contributed by atoms with Crippen molar-refractivity contribution in [1.82, 2.24) is 5.32 Å². The minimum absolute atomic E-state index is 0.0386. The number of carbonyl (C=O) groups excluding carboxylic acids is 1. The average molecular weight is 417 g/mol. The van der Waals surface area contributed by atoms with Crippen molar-refractivity contribution in [2.24, 2.45) is 0 Å². The molecule has 0 fully saturated rings. The van der Waals surface area contributed by atoms with E-state index in [1.54, 1.807) is 0 Å². The summed E-state index contributed by atoms with van der Waals surface area (Å²) in [4.78, 5) is 12.1. The molecule has 0 aliphatic heterocycles. The van der Waals surface area contributed by atoms with Crippen LogP contribution in [0.2, 0.25) is 0 Å². The number of aryl methyl sites for hydroxylation is 4. The van der Waals surface area contributed by atoms with Crippen molar-refractivity contribution in [3.05, 3.63) is 64.7 Å². The van der Waals surface area contributed by atoms with Crippen LogP contribution in [0.5, 0.6) is 0 Å². The molecule has 2 rings (SSSR count). The Morgan fingerprint density at radius 1 is 0.966 bits per heavy atom. The lowest BCUT2D eigenvalue weighted by Crippen LogP contribution is -2.33. The molecule has 158 valence electrons.